The second-order valence-corrected chi connectivity index (χ2v) is 19.3. The summed E-state index contributed by atoms with van der Waals surface area (Å²) in [6.45, 7) is 2.32. The van der Waals surface area contributed by atoms with E-state index in [-0.39, 0.29) is 0 Å². The summed E-state index contributed by atoms with van der Waals surface area (Å²) >= 11 is -2.80. The summed E-state index contributed by atoms with van der Waals surface area (Å²) in [5.74, 6) is 0. The van der Waals surface area contributed by atoms with Crippen molar-refractivity contribution in [3.8, 4) is 0 Å². The zero-order valence-electron chi connectivity index (χ0n) is 13.5. The molecule has 19 heavy (non-hydrogen) atoms. The number of nitrogens with zero attached hydrogens (tertiary/aromatic N) is 3. The minimum atomic E-state index is -2.80. The minimum absolute atomic E-state index is 0.635. The predicted octanol–water partition coefficient (Wildman–Crippen LogP) is 2.34. The van der Waals surface area contributed by atoms with Gasteiger partial charge in [-0.25, -0.2) is 0 Å². The SMILES string of the molecule is CC[CH](c1ccccc1)[Sn]([N](C)C)([N](C)C)[N](C)C. The summed E-state index contributed by atoms with van der Waals surface area (Å²) < 4.78 is 8.21. The monoisotopic (exact) mass is 371 g/mol. The van der Waals surface area contributed by atoms with Gasteiger partial charge < -0.3 is 0 Å². The molecule has 0 aromatic heterocycles. The summed E-state index contributed by atoms with van der Waals surface area (Å²) in [5.41, 5.74) is 1.48. The molecule has 4 heteroatoms. The number of hydrogen-bond acceptors (Lipinski definition) is 3. The van der Waals surface area contributed by atoms with Gasteiger partial charge in [-0.1, -0.05) is 0 Å². The van der Waals surface area contributed by atoms with Crippen LogP contribution in [-0.2, 0) is 0 Å². The van der Waals surface area contributed by atoms with E-state index in [1.165, 1.54) is 12.0 Å². The van der Waals surface area contributed by atoms with Gasteiger partial charge >= 0.3 is 124 Å². The first-order chi connectivity index (χ1) is 8.88. The molecule has 0 aliphatic rings. The number of hydrogen-bond donors (Lipinski definition) is 0. The molecule has 108 valence electrons. The average Bonchev–Trinajstić information content (AvgIpc) is 2.35. The van der Waals surface area contributed by atoms with Gasteiger partial charge in [-0.15, -0.1) is 0 Å². The van der Waals surface area contributed by atoms with Crippen LogP contribution in [0.4, 0.5) is 0 Å². The molecule has 0 saturated carbocycles. The summed E-state index contributed by atoms with van der Waals surface area (Å²) in [4.78, 5) is 0. The molecule has 0 saturated heterocycles. The Morgan fingerprint density at radius 2 is 1.26 bits per heavy atom. The quantitative estimate of drug-likeness (QED) is 0.712. The third kappa shape index (κ3) is 3.15. The van der Waals surface area contributed by atoms with Crippen LogP contribution in [0.1, 0.15) is 22.8 Å². The van der Waals surface area contributed by atoms with E-state index >= 15 is 0 Å². The van der Waals surface area contributed by atoms with Crippen LogP contribution in [-0.4, -0.2) is 70.8 Å². The van der Waals surface area contributed by atoms with Crippen LogP contribution in [0, 0.1) is 0 Å². The van der Waals surface area contributed by atoms with Gasteiger partial charge in [-0.3, -0.25) is 0 Å². The van der Waals surface area contributed by atoms with E-state index < -0.39 is 19.2 Å². The van der Waals surface area contributed by atoms with E-state index in [0.717, 1.165) is 0 Å². The Labute approximate surface area is 124 Å². The van der Waals surface area contributed by atoms with Gasteiger partial charge in [-0.05, 0) is 0 Å². The first-order valence-electron chi connectivity index (χ1n) is 6.96. The molecular formula is C15H29N3Sn. The van der Waals surface area contributed by atoms with Crippen LogP contribution in [0.15, 0.2) is 30.3 Å². The Bertz CT molecular complexity index is 354. The van der Waals surface area contributed by atoms with Crippen molar-refractivity contribution in [2.24, 2.45) is 0 Å². The second-order valence-electron chi connectivity index (χ2n) is 5.74. The summed E-state index contributed by atoms with van der Waals surface area (Å²) in [6, 6.07) is 11.0. The van der Waals surface area contributed by atoms with E-state index in [4.69, 9.17) is 0 Å². The second kappa shape index (κ2) is 7.06. The summed E-state index contributed by atoms with van der Waals surface area (Å²) in [7, 11) is 13.5. The van der Waals surface area contributed by atoms with Gasteiger partial charge in [0, 0.05) is 0 Å². The van der Waals surface area contributed by atoms with Crippen molar-refractivity contribution in [3.63, 3.8) is 0 Å². The van der Waals surface area contributed by atoms with Crippen molar-refractivity contribution >= 4 is 19.2 Å². The van der Waals surface area contributed by atoms with Gasteiger partial charge in [0.25, 0.3) is 0 Å². The first-order valence-corrected chi connectivity index (χ1v) is 12.4. The summed E-state index contributed by atoms with van der Waals surface area (Å²) in [5, 5.41) is 0. The molecule has 0 N–H and O–H groups in total. The molecule has 1 aromatic carbocycles. The molecule has 0 aliphatic carbocycles. The third-order valence-corrected chi connectivity index (χ3v) is 20.1. The Kier molecular flexibility index (Phi) is 6.30. The van der Waals surface area contributed by atoms with Gasteiger partial charge in [0.2, 0.25) is 0 Å². The Morgan fingerprint density at radius 1 is 0.842 bits per heavy atom. The van der Waals surface area contributed by atoms with E-state index in [0.29, 0.717) is 3.93 Å². The van der Waals surface area contributed by atoms with Gasteiger partial charge in [0.05, 0.1) is 0 Å². The number of benzene rings is 1. The third-order valence-electron chi connectivity index (χ3n) is 4.05. The Hall–Kier alpha value is -0.101. The van der Waals surface area contributed by atoms with E-state index in [9.17, 15) is 0 Å². The predicted molar refractivity (Wildman–Crippen MR) is 86.3 cm³/mol. The van der Waals surface area contributed by atoms with Gasteiger partial charge in [-0.2, -0.15) is 0 Å². The van der Waals surface area contributed by atoms with Crippen LogP contribution in [0.25, 0.3) is 0 Å². The fourth-order valence-electron chi connectivity index (χ4n) is 3.55. The molecule has 1 rings (SSSR count). The molecule has 3 nitrogen and oxygen atoms in total. The molecule has 0 fully saturated rings. The van der Waals surface area contributed by atoms with E-state index in [1.807, 2.05) is 0 Å². The Morgan fingerprint density at radius 3 is 1.58 bits per heavy atom. The maximum atomic E-state index is 2.52. The zero-order chi connectivity index (χ0) is 14.6. The molecule has 0 amide bonds. The molecular weight excluding hydrogens is 341 g/mol. The van der Waals surface area contributed by atoms with E-state index in [1.54, 1.807) is 0 Å². The van der Waals surface area contributed by atoms with Gasteiger partial charge in [0.15, 0.2) is 0 Å². The van der Waals surface area contributed by atoms with Crippen molar-refractivity contribution in [2.75, 3.05) is 42.3 Å². The standard InChI is InChI=1S/C9H11.3C2H6N.Sn/c1-2-6-9-7-4-3-5-8-9;3*1-3-2;/h3-8H,2H2,1H3;3*1-2H3;/q;3*-1;+3. The van der Waals surface area contributed by atoms with Crippen LogP contribution < -0.4 is 0 Å². The van der Waals surface area contributed by atoms with Crippen LogP contribution >= 0.6 is 0 Å². The van der Waals surface area contributed by atoms with Gasteiger partial charge in [0.1, 0.15) is 0 Å². The zero-order valence-corrected chi connectivity index (χ0v) is 16.4. The van der Waals surface area contributed by atoms with Crippen molar-refractivity contribution in [2.45, 2.75) is 17.3 Å². The molecule has 0 aliphatic heterocycles. The fourth-order valence-corrected chi connectivity index (χ4v) is 19.1. The average molecular weight is 370 g/mol. The van der Waals surface area contributed by atoms with Crippen molar-refractivity contribution in [3.05, 3.63) is 35.9 Å². The van der Waals surface area contributed by atoms with Crippen molar-refractivity contribution in [1.82, 2.24) is 9.36 Å². The van der Waals surface area contributed by atoms with Crippen LogP contribution in [0.3, 0.4) is 0 Å². The molecule has 1 unspecified atom stereocenters. The van der Waals surface area contributed by atoms with Crippen LogP contribution in [0.2, 0.25) is 0 Å². The fraction of sp³-hybridized carbons (Fsp3) is 0.600. The van der Waals surface area contributed by atoms with E-state index in [2.05, 4.69) is 88.9 Å². The van der Waals surface area contributed by atoms with Crippen LogP contribution in [0.5, 0.6) is 0 Å². The topological polar surface area (TPSA) is 9.72 Å². The maximum absolute atomic E-state index is 2.80. The van der Waals surface area contributed by atoms with Crippen molar-refractivity contribution in [1.29, 1.82) is 0 Å². The first kappa shape index (κ1) is 17.0. The molecule has 1 atom stereocenters. The molecule has 1 aromatic rings. The molecule has 0 radical (unpaired) electrons. The van der Waals surface area contributed by atoms with Crippen molar-refractivity contribution < 1.29 is 0 Å². The normalized spacial score (nSPS) is 14.4. The molecule has 0 heterocycles. The number of rotatable bonds is 6. The summed E-state index contributed by atoms with van der Waals surface area (Å²) in [6.07, 6.45) is 1.19. The molecule has 0 bridgehead atoms. The molecule has 0 spiro atoms. The Balaban J connectivity index is 3.36.